The molecule has 0 radical (unpaired) electrons. The van der Waals surface area contributed by atoms with Crippen LogP contribution in [0.5, 0.6) is 0 Å². The molecular formula is C48H34N2. The van der Waals surface area contributed by atoms with Gasteiger partial charge < -0.3 is 4.57 Å². The minimum atomic E-state index is -0.112. The highest BCUT2D eigenvalue weighted by Crippen LogP contribution is 2.50. The van der Waals surface area contributed by atoms with Crippen molar-refractivity contribution in [2.45, 2.75) is 19.3 Å². The van der Waals surface area contributed by atoms with E-state index in [0.29, 0.717) is 0 Å². The first-order valence-corrected chi connectivity index (χ1v) is 17.4. The third kappa shape index (κ3) is 4.38. The lowest BCUT2D eigenvalue weighted by molar-refractivity contribution is 0.661. The Kier molecular flexibility index (Phi) is 6.25. The van der Waals surface area contributed by atoms with Crippen molar-refractivity contribution in [3.8, 4) is 50.2 Å². The zero-order valence-electron chi connectivity index (χ0n) is 28.1. The van der Waals surface area contributed by atoms with E-state index in [1.54, 1.807) is 0 Å². The maximum absolute atomic E-state index is 4.30. The lowest BCUT2D eigenvalue weighted by Gasteiger charge is -2.22. The van der Waals surface area contributed by atoms with Crippen molar-refractivity contribution in [3.63, 3.8) is 0 Å². The van der Waals surface area contributed by atoms with Gasteiger partial charge in [0.1, 0.15) is 0 Å². The molecule has 2 heterocycles. The van der Waals surface area contributed by atoms with Gasteiger partial charge in [-0.1, -0.05) is 123 Å². The van der Waals surface area contributed by atoms with Gasteiger partial charge in [0, 0.05) is 39.7 Å². The lowest BCUT2D eigenvalue weighted by Crippen LogP contribution is -2.15. The summed E-state index contributed by atoms with van der Waals surface area (Å²) in [5.41, 5.74) is 16.3. The van der Waals surface area contributed by atoms with Crippen molar-refractivity contribution in [2.75, 3.05) is 0 Å². The minimum absolute atomic E-state index is 0.112. The Balaban J connectivity index is 0.959. The van der Waals surface area contributed by atoms with Crippen molar-refractivity contribution in [1.29, 1.82) is 0 Å². The second-order valence-corrected chi connectivity index (χ2v) is 14.1. The summed E-state index contributed by atoms with van der Waals surface area (Å²) >= 11 is 0. The molecule has 0 spiro atoms. The maximum atomic E-state index is 4.30. The number of hydrogen-bond acceptors (Lipinski definition) is 1. The number of para-hydroxylation sites is 2. The Morgan fingerprint density at radius 2 is 0.920 bits per heavy atom. The van der Waals surface area contributed by atoms with Crippen LogP contribution < -0.4 is 0 Å². The summed E-state index contributed by atoms with van der Waals surface area (Å²) in [4.78, 5) is 4.30. The molecule has 2 heteroatoms. The van der Waals surface area contributed by atoms with Gasteiger partial charge in [0.05, 0.1) is 11.0 Å². The number of rotatable bonds is 4. The second kappa shape index (κ2) is 10.9. The molecule has 0 unspecified atom stereocenters. The van der Waals surface area contributed by atoms with Crippen LogP contribution in [-0.2, 0) is 5.41 Å². The Morgan fingerprint density at radius 3 is 1.50 bits per heavy atom. The topological polar surface area (TPSA) is 17.8 Å². The summed E-state index contributed by atoms with van der Waals surface area (Å²) in [6.45, 7) is 4.74. The molecule has 10 rings (SSSR count). The largest absolute Gasteiger partial charge is 0.309 e. The third-order valence-electron chi connectivity index (χ3n) is 10.9. The molecule has 50 heavy (non-hydrogen) atoms. The number of benzene rings is 7. The van der Waals surface area contributed by atoms with Gasteiger partial charge in [-0.15, -0.1) is 0 Å². The molecule has 1 aliphatic rings. The van der Waals surface area contributed by atoms with Crippen molar-refractivity contribution in [1.82, 2.24) is 9.55 Å². The molecule has 236 valence electrons. The van der Waals surface area contributed by atoms with Crippen molar-refractivity contribution in [3.05, 3.63) is 181 Å². The van der Waals surface area contributed by atoms with Crippen molar-refractivity contribution < 1.29 is 0 Å². The Morgan fingerprint density at radius 1 is 0.440 bits per heavy atom. The molecule has 0 bridgehead atoms. The van der Waals surface area contributed by atoms with Gasteiger partial charge in [-0.2, -0.15) is 0 Å². The van der Waals surface area contributed by atoms with Crippen LogP contribution in [0, 0.1) is 0 Å². The predicted octanol–water partition coefficient (Wildman–Crippen LogP) is 12.6. The number of fused-ring (bicyclic) bond motifs is 7. The molecule has 2 aromatic heterocycles. The molecule has 9 aromatic rings. The molecule has 0 saturated carbocycles. The molecule has 0 saturated heterocycles. The average Bonchev–Trinajstić information content (AvgIpc) is 3.63. The monoisotopic (exact) mass is 638 g/mol. The van der Waals surface area contributed by atoms with E-state index in [0.717, 1.165) is 5.39 Å². The smallest absolute Gasteiger partial charge is 0.0541 e. The summed E-state index contributed by atoms with van der Waals surface area (Å²) in [7, 11) is 0. The van der Waals surface area contributed by atoms with Crippen LogP contribution in [0.3, 0.4) is 0 Å². The number of pyridine rings is 1. The molecule has 2 nitrogen and oxygen atoms in total. The van der Waals surface area contributed by atoms with Gasteiger partial charge in [-0.3, -0.25) is 4.98 Å². The Labute approximate surface area is 291 Å². The summed E-state index contributed by atoms with van der Waals surface area (Å²) in [6.07, 6.45) is 3.78. The minimum Gasteiger partial charge on any atom is -0.309 e. The fraction of sp³-hybridized carbons (Fsp3) is 0.0625. The summed E-state index contributed by atoms with van der Waals surface area (Å²) in [6, 6.07) is 58.1. The molecule has 0 amide bonds. The highest BCUT2D eigenvalue weighted by Gasteiger charge is 2.35. The van der Waals surface area contributed by atoms with Crippen LogP contribution >= 0.6 is 0 Å². The Hall–Kier alpha value is -6.25. The van der Waals surface area contributed by atoms with E-state index in [1.165, 1.54) is 88.5 Å². The summed E-state index contributed by atoms with van der Waals surface area (Å²) in [5, 5.41) is 4.94. The summed E-state index contributed by atoms with van der Waals surface area (Å²) < 4.78 is 2.38. The first-order chi connectivity index (χ1) is 24.5. The second-order valence-electron chi connectivity index (χ2n) is 14.1. The highest BCUT2D eigenvalue weighted by atomic mass is 15.0. The quantitative estimate of drug-likeness (QED) is 0.188. The molecule has 0 N–H and O–H groups in total. The predicted molar refractivity (Wildman–Crippen MR) is 210 cm³/mol. The van der Waals surface area contributed by atoms with Crippen molar-refractivity contribution >= 4 is 32.6 Å². The number of nitrogens with zero attached hydrogens (tertiary/aromatic N) is 2. The molecule has 0 aliphatic heterocycles. The first-order valence-electron chi connectivity index (χ1n) is 17.4. The maximum Gasteiger partial charge on any atom is 0.0541 e. The SMILES string of the molecule is CC1(C)c2cc(-c3ccc(-c4ccc5ccncc5c4)cc3)ccc2-c2ccc(-c3ccc(-n4c5ccccc5c5ccccc54)cc3)cc21. The van der Waals surface area contributed by atoms with Crippen LogP contribution in [0.25, 0.3) is 82.8 Å². The molecule has 0 atom stereocenters. The van der Waals surface area contributed by atoms with E-state index in [2.05, 4.69) is 181 Å². The van der Waals surface area contributed by atoms with E-state index in [4.69, 9.17) is 0 Å². The van der Waals surface area contributed by atoms with Gasteiger partial charge in [-0.25, -0.2) is 0 Å². The standard InChI is InChI=1S/C48H34N2/c1-48(2)44-28-36(32-13-11-31(12-14-32)35-16-15-34-25-26-49-30-38(34)27-35)19-23-40(44)41-24-20-37(29-45(41)48)33-17-21-39(22-18-33)50-46-9-5-3-7-42(46)43-8-4-6-10-47(43)50/h3-30H,1-2H3. The zero-order chi connectivity index (χ0) is 33.4. The lowest BCUT2D eigenvalue weighted by atomic mass is 9.81. The number of hydrogen-bond donors (Lipinski definition) is 0. The van der Waals surface area contributed by atoms with Gasteiger partial charge in [0.25, 0.3) is 0 Å². The van der Waals surface area contributed by atoms with E-state index >= 15 is 0 Å². The summed E-state index contributed by atoms with van der Waals surface area (Å²) in [5.74, 6) is 0. The van der Waals surface area contributed by atoms with Crippen LogP contribution in [0.2, 0.25) is 0 Å². The van der Waals surface area contributed by atoms with Crippen LogP contribution in [-0.4, -0.2) is 9.55 Å². The molecule has 7 aromatic carbocycles. The number of aromatic nitrogens is 2. The first kappa shape index (κ1) is 28.7. The van der Waals surface area contributed by atoms with E-state index in [1.807, 2.05) is 12.4 Å². The fourth-order valence-electron chi connectivity index (χ4n) is 8.22. The van der Waals surface area contributed by atoms with E-state index in [-0.39, 0.29) is 5.41 Å². The van der Waals surface area contributed by atoms with Crippen LogP contribution in [0.4, 0.5) is 0 Å². The zero-order valence-corrected chi connectivity index (χ0v) is 28.1. The van der Waals surface area contributed by atoms with Gasteiger partial charge in [-0.05, 0) is 110 Å². The molecule has 1 aliphatic carbocycles. The third-order valence-corrected chi connectivity index (χ3v) is 10.9. The van der Waals surface area contributed by atoms with Gasteiger partial charge in [0.15, 0.2) is 0 Å². The normalized spacial score (nSPS) is 13.2. The van der Waals surface area contributed by atoms with Gasteiger partial charge >= 0.3 is 0 Å². The fourth-order valence-corrected chi connectivity index (χ4v) is 8.22. The Bertz CT molecular complexity index is 2710. The van der Waals surface area contributed by atoms with Crippen molar-refractivity contribution in [2.24, 2.45) is 0 Å². The van der Waals surface area contributed by atoms with Crippen LogP contribution in [0.15, 0.2) is 170 Å². The highest BCUT2D eigenvalue weighted by molar-refractivity contribution is 6.09. The van der Waals surface area contributed by atoms with Crippen LogP contribution in [0.1, 0.15) is 25.0 Å². The van der Waals surface area contributed by atoms with E-state index < -0.39 is 0 Å². The molecule has 0 fully saturated rings. The van der Waals surface area contributed by atoms with Gasteiger partial charge in [0.2, 0.25) is 0 Å². The molecular weight excluding hydrogens is 605 g/mol. The van der Waals surface area contributed by atoms with E-state index in [9.17, 15) is 0 Å². The average molecular weight is 639 g/mol.